The number of fused-ring (bicyclic) bond motifs is 2. The van der Waals surface area contributed by atoms with E-state index in [0.717, 1.165) is 24.8 Å². The van der Waals surface area contributed by atoms with Crippen molar-refractivity contribution in [1.82, 2.24) is 0 Å². The summed E-state index contributed by atoms with van der Waals surface area (Å²) in [6.07, 6.45) is 13.9. The molecule has 1 N–H and O–H groups in total. The Labute approximate surface area is 163 Å². The zero-order chi connectivity index (χ0) is 19.1. The molecule has 5 unspecified atom stereocenters. The number of allylic oxidation sites excluding steroid dienone is 1. The first kappa shape index (κ1) is 20.3. The van der Waals surface area contributed by atoms with Gasteiger partial charge in [-0.25, -0.2) is 0 Å². The third-order valence-corrected chi connectivity index (χ3v) is 6.39. The summed E-state index contributed by atoms with van der Waals surface area (Å²) in [5, 5.41) is 8.87. The SMILES string of the molecule is CC(C(=O)/C=C\C1C2CCC(O2)C1CCCCCCCO)c1ccccc1. The Morgan fingerprint density at radius 2 is 1.81 bits per heavy atom. The highest BCUT2D eigenvalue weighted by atomic mass is 16.5. The number of aliphatic hydroxyl groups is 1. The van der Waals surface area contributed by atoms with Gasteiger partial charge in [-0.05, 0) is 43.2 Å². The average Bonchev–Trinajstić information content (AvgIpc) is 3.30. The summed E-state index contributed by atoms with van der Waals surface area (Å²) in [7, 11) is 0. The van der Waals surface area contributed by atoms with Crippen LogP contribution in [0.2, 0.25) is 0 Å². The molecule has 0 spiro atoms. The van der Waals surface area contributed by atoms with Gasteiger partial charge in [-0.3, -0.25) is 4.79 Å². The molecule has 2 heterocycles. The molecule has 1 aromatic rings. The van der Waals surface area contributed by atoms with Crippen LogP contribution in [-0.2, 0) is 9.53 Å². The van der Waals surface area contributed by atoms with Gasteiger partial charge in [0.1, 0.15) is 0 Å². The standard InChI is InChI=1S/C24H34O3/c1-18(19-10-6-5-7-11-19)22(26)14-13-21-20(23-15-16-24(21)27-23)12-8-3-2-4-9-17-25/h5-7,10-11,13-14,18,20-21,23-25H,2-4,8-9,12,15-17H2,1H3/b14-13-. The van der Waals surface area contributed by atoms with Gasteiger partial charge >= 0.3 is 0 Å². The fourth-order valence-electron chi connectivity index (χ4n) is 4.73. The predicted octanol–water partition coefficient (Wildman–Crippen LogP) is 5.04. The molecule has 1 aromatic carbocycles. The van der Waals surface area contributed by atoms with Crippen LogP contribution >= 0.6 is 0 Å². The summed E-state index contributed by atoms with van der Waals surface area (Å²) in [4.78, 5) is 12.6. The molecule has 148 valence electrons. The number of benzene rings is 1. The smallest absolute Gasteiger partial charge is 0.162 e. The summed E-state index contributed by atoms with van der Waals surface area (Å²) in [5.41, 5.74) is 1.08. The van der Waals surface area contributed by atoms with E-state index in [1.54, 1.807) is 0 Å². The zero-order valence-electron chi connectivity index (χ0n) is 16.6. The molecule has 3 heteroatoms. The van der Waals surface area contributed by atoms with Crippen LogP contribution in [0.25, 0.3) is 0 Å². The van der Waals surface area contributed by atoms with Gasteiger partial charge in [-0.2, -0.15) is 0 Å². The summed E-state index contributed by atoms with van der Waals surface area (Å²) >= 11 is 0. The van der Waals surface area contributed by atoms with Gasteiger partial charge in [-0.1, -0.05) is 69.0 Å². The predicted molar refractivity (Wildman–Crippen MR) is 109 cm³/mol. The molecule has 0 aromatic heterocycles. The zero-order valence-corrected chi connectivity index (χ0v) is 16.6. The van der Waals surface area contributed by atoms with Crippen LogP contribution in [0.5, 0.6) is 0 Å². The van der Waals surface area contributed by atoms with Gasteiger partial charge in [0, 0.05) is 18.4 Å². The van der Waals surface area contributed by atoms with E-state index >= 15 is 0 Å². The first-order valence-corrected chi connectivity index (χ1v) is 10.7. The molecule has 27 heavy (non-hydrogen) atoms. The Balaban J connectivity index is 1.52. The number of ketones is 1. The lowest BCUT2D eigenvalue weighted by molar-refractivity contribution is -0.115. The number of unbranched alkanes of at least 4 members (excludes halogenated alkanes) is 4. The second kappa shape index (κ2) is 10.2. The molecule has 2 fully saturated rings. The second-order valence-electron chi connectivity index (χ2n) is 8.21. The van der Waals surface area contributed by atoms with Gasteiger partial charge in [0.05, 0.1) is 12.2 Å². The molecular weight excluding hydrogens is 336 g/mol. The number of hydrogen-bond acceptors (Lipinski definition) is 3. The topological polar surface area (TPSA) is 46.5 Å². The number of carbonyl (C=O) groups is 1. The molecule has 3 rings (SSSR count). The van der Waals surface area contributed by atoms with E-state index in [0.29, 0.717) is 30.7 Å². The summed E-state index contributed by atoms with van der Waals surface area (Å²) < 4.78 is 6.17. The summed E-state index contributed by atoms with van der Waals surface area (Å²) in [5.74, 6) is 1.06. The summed E-state index contributed by atoms with van der Waals surface area (Å²) in [6.45, 7) is 2.30. The van der Waals surface area contributed by atoms with Crippen molar-refractivity contribution in [1.29, 1.82) is 0 Å². The Morgan fingerprint density at radius 3 is 2.59 bits per heavy atom. The van der Waals surface area contributed by atoms with Crippen LogP contribution in [0, 0.1) is 11.8 Å². The van der Waals surface area contributed by atoms with Crippen molar-refractivity contribution in [2.24, 2.45) is 11.8 Å². The van der Waals surface area contributed by atoms with E-state index < -0.39 is 0 Å². The Bertz CT molecular complexity index is 609. The van der Waals surface area contributed by atoms with Crippen molar-refractivity contribution in [3.8, 4) is 0 Å². The molecule has 0 amide bonds. The van der Waals surface area contributed by atoms with Crippen molar-refractivity contribution < 1.29 is 14.6 Å². The van der Waals surface area contributed by atoms with Gasteiger partial charge in [-0.15, -0.1) is 0 Å². The lowest BCUT2D eigenvalue weighted by Gasteiger charge is -2.25. The van der Waals surface area contributed by atoms with Crippen molar-refractivity contribution in [3.05, 3.63) is 48.0 Å². The Hall–Kier alpha value is -1.45. The maximum Gasteiger partial charge on any atom is 0.162 e. The third-order valence-electron chi connectivity index (χ3n) is 6.39. The highest BCUT2D eigenvalue weighted by Crippen LogP contribution is 2.46. The van der Waals surface area contributed by atoms with Crippen LogP contribution in [0.1, 0.15) is 69.8 Å². The molecule has 0 aliphatic carbocycles. The van der Waals surface area contributed by atoms with Gasteiger partial charge in [0.2, 0.25) is 0 Å². The highest BCUT2D eigenvalue weighted by molar-refractivity contribution is 5.95. The minimum atomic E-state index is -0.0908. The maximum atomic E-state index is 12.6. The number of carbonyl (C=O) groups excluding carboxylic acids is 1. The highest BCUT2D eigenvalue weighted by Gasteiger charge is 2.47. The van der Waals surface area contributed by atoms with E-state index in [2.05, 4.69) is 6.08 Å². The minimum absolute atomic E-state index is 0.0908. The fourth-order valence-corrected chi connectivity index (χ4v) is 4.73. The second-order valence-corrected chi connectivity index (χ2v) is 8.21. The lowest BCUT2D eigenvalue weighted by Crippen LogP contribution is -2.26. The maximum absolute atomic E-state index is 12.6. The molecule has 0 saturated carbocycles. The van der Waals surface area contributed by atoms with Gasteiger partial charge < -0.3 is 9.84 Å². The van der Waals surface area contributed by atoms with E-state index in [-0.39, 0.29) is 11.7 Å². The number of hydrogen-bond donors (Lipinski definition) is 1. The average molecular weight is 371 g/mol. The number of aliphatic hydroxyl groups excluding tert-OH is 1. The third kappa shape index (κ3) is 5.30. The van der Waals surface area contributed by atoms with E-state index in [1.807, 2.05) is 43.3 Å². The normalized spacial score (nSPS) is 28.1. The van der Waals surface area contributed by atoms with E-state index in [9.17, 15) is 4.79 Å². The molecule has 2 saturated heterocycles. The van der Waals surface area contributed by atoms with Gasteiger partial charge in [0.15, 0.2) is 5.78 Å². The van der Waals surface area contributed by atoms with Crippen molar-refractivity contribution >= 4 is 5.78 Å². The minimum Gasteiger partial charge on any atom is -0.396 e. The van der Waals surface area contributed by atoms with Crippen LogP contribution < -0.4 is 0 Å². The van der Waals surface area contributed by atoms with Crippen molar-refractivity contribution in [3.63, 3.8) is 0 Å². The van der Waals surface area contributed by atoms with Crippen LogP contribution in [0.4, 0.5) is 0 Å². The van der Waals surface area contributed by atoms with E-state index in [4.69, 9.17) is 9.84 Å². The largest absolute Gasteiger partial charge is 0.396 e. The molecule has 5 atom stereocenters. The fraction of sp³-hybridized carbons (Fsp3) is 0.625. The number of rotatable bonds is 11. The molecule has 3 nitrogen and oxygen atoms in total. The Kier molecular flexibility index (Phi) is 7.66. The monoisotopic (exact) mass is 370 g/mol. The first-order chi connectivity index (χ1) is 13.2. The van der Waals surface area contributed by atoms with Crippen LogP contribution in [0.3, 0.4) is 0 Å². The molecule has 2 aliphatic rings. The molecule has 2 aliphatic heterocycles. The lowest BCUT2D eigenvalue weighted by atomic mass is 9.76. The molecule has 2 bridgehead atoms. The van der Waals surface area contributed by atoms with Crippen LogP contribution in [0.15, 0.2) is 42.5 Å². The van der Waals surface area contributed by atoms with Crippen molar-refractivity contribution in [2.45, 2.75) is 76.4 Å². The van der Waals surface area contributed by atoms with Crippen LogP contribution in [-0.4, -0.2) is 29.7 Å². The first-order valence-electron chi connectivity index (χ1n) is 10.7. The summed E-state index contributed by atoms with van der Waals surface area (Å²) in [6, 6.07) is 10.0. The van der Waals surface area contributed by atoms with E-state index in [1.165, 1.54) is 32.1 Å². The van der Waals surface area contributed by atoms with Gasteiger partial charge in [0.25, 0.3) is 0 Å². The quantitative estimate of drug-likeness (QED) is 0.438. The molecular formula is C24H34O3. The Morgan fingerprint density at radius 1 is 1.11 bits per heavy atom. The number of ether oxygens (including phenoxy) is 1. The molecule has 0 radical (unpaired) electrons. The van der Waals surface area contributed by atoms with Crippen molar-refractivity contribution in [2.75, 3.05) is 6.61 Å².